The Balaban J connectivity index is 4.49. The molecule has 0 unspecified atom stereocenters. The number of ether oxygens (including phenoxy) is 1. The van der Waals surface area contributed by atoms with Gasteiger partial charge < -0.3 is 9.16 Å². The van der Waals surface area contributed by atoms with Gasteiger partial charge in [-0.2, -0.15) is 0 Å². The van der Waals surface area contributed by atoms with Gasteiger partial charge in [0.05, 0.1) is 6.61 Å². The molecule has 0 rings (SSSR count). The zero-order valence-electron chi connectivity index (χ0n) is 10.4. The van der Waals surface area contributed by atoms with E-state index in [1.54, 1.807) is 0 Å². The predicted octanol–water partition coefficient (Wildman–Crippen LogP) is 3.91. The van der Waals surface area contributed by atoms with Gasteiger partial charge >= 0.3 is 0 Å². The summed E-state index contributed by atoms with van der Waals surface area (Å²) >= 11 is 0. The van der Waals surface area contributed by atoms with Crippen molar-refractivity contribution in [3.63, 3.8) is 0 Å². The summed E-state index contributed by atoms with van der Waals surface area (Å²) in [5.74, 6) is 0.772. The number of allylic oxidation sites excluding steroid dienone is 1. The van der Waals surface area contributed by atoms with E-state index < -0.39 is 8.32 Å². The van der Waals surface area contributed by atoms with Crippen molar-refractivity contribution in [3.05, 3.63) is 11.5 Å². The van der Waals surface area contributed by atoms with Gasteiger partial charge in [-0.15, -0.1) is 0 Å². The molecule has 0 fully saturated rings. The Labute approximate surface area is 89.4 Å². The summed E-state index contributed by atoms with van der Waals surface area (Å²) in [6.07, 6.45) is 2.19. The zero-order valence-corrected chi connectivity index (χ0v) is 11.4. The van der Waals surface area contributed by atoms with Crippen LogP contribution in [0.25, 0.3) is 0 Å². The fourth-order valence-electron chi connectivity index (χ4n) is 1.13. The van der Waals surface area contributed by atoms with Crippen molar-refractivity contribution >= 4 is 8.32 Å². The molecule has 0 aliphatic carbocycles. The molecule has 84 valence electrons. The highest BCUT2D eigenvalue weighted by Gasteiger charge is 2.19. The summed E-state index contributed by atoms with van der Waals surface area (Å²) in [7, 11) is -1.53. The fraction of sp³-hybridized carbons (Fsp3) is 0.818. The van der Waals surface area contributed by atoms with E-state index in [4.69, 9.17) is 9.16 Å². The lowest BCUT2D eigenvalue weighted by Gasteiger charge is -2.23. The highest BCUT2D eigenvalue weighted by molar-refractivity contribution is 6.70. The number of hydrogen-bond acceptors (Lipinski definition) is 2. The standard InChI is InChI=1S/C11H24O2Si/c1-7-9-10(3)11(12-8-2)13-14(4,5)6/h7-9H2,1-6H3/b11-10-. The third-order valence-electron chi connectivity index (χ3n) is 1.65. The molecule has 0 aromatic heterocycles. The summed E-state index contributed by atoms with van der Waals surface area (Å²) in [5, 5.41) is 0. The van der Waals surface area contributed by atoms with Crippen LogP contribution in [0.1, 0.15) is 33.6 Å². The van der Waals surface area contributed by atoms with Gasteiger partial charge in [-0.05, 0) is 39.9 Å². The molecule has 0 amide bonds. The van der Waals surface area contributed by atoms with Gasteiger partial charge in [-0.3, -0.25) is 0 Å². The third-order valence-corrected chi connectivity index (χ3v) is 2.45. The molecule has 0 spiro atoms. The first-order valence-electron chi connectivity index (χ1n) is 5.42. The molecule has 0 aliphatic heterocycles. The first-order chi connectivity index (χ1) is 6.40. The van der Waals surface area contributed by atoms with Crippen molar-refractivity contribution in [2.75, 3.05) is 6.61 Å². The molecule has 2 nitrogen and oxygen atoms in total. The highest BCUT2D eigenvalue weighted by Crippen LogP contribution is 2.18. The van der Waals surface area contributed by atoms with Crippen molar-refractivity contribution in [1.82, 2.24) is 0 Å². The Bertz CT molecular complexity index is 192. The quantitative estimate of drug-likeness (QED) is 0.495. The minimum absolute atomic E-state index is 0.681. The number of rotatable bonds is 6. The molecule has 0 saturated heterocycles. The van der Waals surface area contributed by atoms with E-state index in [1.807, 2.05) is 6.92 Å². The van der Waals surface area contributed by atoms with Gasteiger partial charge in [-0.25, -0.2) is 0 Å². The lowest BCUT2D eigenvalue weighted by molar-refractivity contribution is 0.107. The smallest absolute Gasteiger partial charge is 0.264 e. The molecule has 0 bridgehead atoms. The average Bonchev–Trinajstić information content (AvgIpc) is 2.01. The second kappa shape index (κ2) is 6.12. The van der Waals surface area contributed by atoms with Crippen LogP contribution in [0.3, 0.4) is 0 Å². The van der Waals surface area contributed by atoms with Gasteiger partial charge in [0.2, 0.25) is 8.32 Å². The molecule has 3 heteroatoms. The van der Waals surface area contributed by atoms with Crippen LogP contribution in [-0.4, -0.2) is 14.9 Å². The molecule has 0 radical (unpaired) electrons. The second-order valence-electron chi connectivity index (χ2n) is 4.47. The maximum atomic E-state index is 5.89. The average molecular weight is 216 g/mol. The summed E-state index contributed by atoms with van der Waals surface area (Å²) in [5.41, 5.74) is 1.23. The van der Waals surface area contributed by atoms with E-state index in [-0.39, 0.29) is 0 Å². The van der Waals surface area contributed by atoms with Crippen LogP contribution in [0, 0.1) is 0 Å². The van der Waals surface area contributed by atoms with E-state index in [2.05, 4.69) is 33.5 Å². The van der Waals surface area contributed by atoms with Crippen LogP contribution < -0.4 is 0 Å². The summed E-state index contributed by atoms with van der Waals surface area (Å²) in [6.45, 7) is 13.5. The Morgan fingerprint density at radius 1 is 1.14 bits per heavy atom. The van der Waals surface area contributed by atoms with E-state index >= 15 is 0 Å². The van der Waals surface area contributed by atoms with Gasteiger partial charge in [0, 0.05) is 5.57 Å². The molecule has 0 saturated carbocycles. The monoisotopic (exact) mass is 216 g/mol. The lowest BCUT2D eigenvalue weighted by Crippen LogP contribution is -2.26. The van der Waals surface area contributed by atoms with Gasteiger partial charge in [0.15, 0.2) is 0 Å². The van der Waals surface area contributed by atoms with Gasteiger partial charge in [0.25, 0.3) is 5.95 Å². The zero-order chi connectivity index (χ0) is 11.2. The van der Waals surface area contributed by atoms with Crippen LogP contribution >= 0.6 is 0 Å². The fourth-order valence-corrected chi connectivity index (χ4v) is 1.92. The second-order valence-corrected chi connectivity index (χ2v) is 8.89. The molecule has 0 aliphatic rings. The van der Waals surface area contributed by atoms with Crippen molar-refractivity contribution in [2.24, 2.45) is 0 Å². The predicted molar refractivity (Wildman–Crippen MR) is 63.7 cm³/mol. The first-order valence-corrected chi connectivity index (χ1v) is 8.83. The third kappa shape index (κ3) is 6.08. The normalized spacial score (nSPS) is 13.6. The lowest BCUT2D eigenvalue weighted by atomic mass is 10.2. The topological polar surface area (TPSA) is 18.5 Å². The molecule has 14 heavy (non-hydrogen) atoms. The molecular formula is C11H24O2Si. The molecule has 0 aromatic carbocycles. The van der Waals surface area contributed by atoms with Crippen LogP contribution in [0.4, 0.5) is 0 Å². The van der Waals surface area contributed by atoms with Crippen molar-refractivity contribution < 1.29 is 9.16 Å². The molecule has 0 aromatic rings. The molecule has 0 atom stereocenters. The first kappa shape index (κ1) is 13.6. The largest absolute Gasteiger partial charge is 0.520 e. The SMILES string of the molecule is CCC/C(C)=C(/OCC)O[Si](C)(C)C. The van der Waals surface area contributed by atoms with Crippen LogP contribution in [-0.2, 0) is 9.16 Å². The van der Waals surface area contributed by atoms with Crippen molar-refractivity contribution in [2.45, 2.75) is 53.3 Å². The highest BCUT2D eigenvalue weighted by atomic mass is 28.4. The number of hydrogen-bond donors (Lipinski definition) is 0. The van der Waals surface area contributed by atoms with E-state index in [0.717, 1.165) is 18.8 Å². The van der Waals surface area contributed by atoms with Crippen LogP contribution in [0.15, 0.2) is 11.5 Å². The summed E-state index contributed by atoms with van der Waals surface area (Å²) in [4.78, 5) is 0. The maximum absolute atomic E-state index is 5.89. The van der Waals surface area contributed by atoms with Crippen LogP contribution in [0.2, 0.25) is 19.6 Å². The summed E-state index contributed by atoms with van der Waals surface area (Å²) < 4.78 is 11.4. The molecule has 0 heterocycles. The minimum Gasteiger partial charge on any atom is -0.520 e. The van der Waals surface area contributed by atoms with E-state index in [1.165, 1.54) is 5.57 Å². The van der Waals surface area contributed by atoms with E-state index in [0.29, 0.717) is 6.61 Å². The van der Waals surface area contributed by atoms with Gasteiger partial charge in [0.1, 0.15) is 0 Å². The summed E-state index contributed by atoms with van der Waals surface area (Å²) in [6, 6.07) is 0. The Kier molecular flexibility index (Phi) is 5.92. The Morgan fingerprint density at radius 3 is 2.07 bits per heavy atom. The van der Waals surface area contributed by atoms with Crippen LogP contribution in [0.5, 0.6) is 0 Å². The Hall–Kier alpha value is -0.443. The maximum Gasteiger partial charge on any atom is 0.264 e. The van der Waals surface area contributed by atoms with E-state index in [9.17, 15) is 0 Å². The van der Waals surface area contributed by atoms with Gasteiger partial charge in [-0.1, -0.05) is 13.3 Å². The van der Waals surface area contributed by atoms with Crippen molar-refractivity contribution in [3.8, 4) is 0 Å². The molecular weight excluding hydrogens is 192 g/mol. The molecule has 0 N–H and O–H groups in total. The minimum atomic E-state index is -1.53. The van der Waals surface area contributed by atoms with Crippen molar-refractivity contribution in [1.29, 1.82) is 0 Å². The Morgan fingerprint density at radius 2 is 1.71 bits per heavy atom.